The standard InChI is InChI=1S/C31H32ClN3O2S/c32-28-16-14-26(15-17-28)29(36)13-7-2-1-3-8-19-38-31-34-30(37)27(20-25-12-9-18-33-21-25)23-35(31)22-24-10-5-4-6-11-24/h4-6,9-12,14-18,21,23H,1-3,7-8,13,19-20,22H2. The van der Waals surface area contributed by atoms with Gasteiger partial charge in [0.05, 0.1) is 0 Å². The average Bonchev–Trinajstić information content (AvgIpc) is 2.94. The van der Waals surface area contributed by atoms with Gasteiger partial charge in [-0.1, -0.05) is 79.0 Å². The van der Waals surface area contributed by atoms with Crippen LogP contribution in [0.25, 0.3) is 0 Å². The van der Waals surface area contributed by atoms with Crippen molar-refractivity contribution in [2.45, 2.75) is 56.6 Å². The van der Waals surface area contributed by atoms with E-state index in [-0.39, 0.29) is 11.3 Å². The highest BCUT2D eigenvalue weighted by Crippen LogP contribution is 2.20. The van der Waals surface area contributed by atoms with E-state index in [1.165, 1.54) is 5.56 Å². The van der Waals surface area contributed by atoms with Crippen LogP contribution in [0.5, 0.6) is 0 Å². The molecule has 0 radical (unpaired) electrons. The molecular weight excluding hydrogens is 514 g/mol. The van der Waals surface area contributed by atoms with Gasteiger partial charge in [0.25, 0.3) is 5.56 Å². The SMILES string of the molecule is O=C(CCCCCCCSc1nc(=O)c(Cc2cccnc2)cn1Cc1ccccc1)c1ccc(Cl)cc1. The van der Waals surface area contributed by atoms with Crippen molar-refractivity contribution in [3.63, 3.8) is 0 Å². The topological polar surface area (TPSA) is 64.8 Å². The van der Waals surface area contributed by atoms with Crippen LogP contribution in [0, 0.1) is 0 Å². The summed E-state index contributed by atoms with van der Waals surface area (Å²) in [6.45, 7) is 0.665. The minimum atomic E-state index is -0.175. The van der Waals surface area contributed by atoms with Crippen molar-refractivity contribution >= 4 is 29.1 Å². The minimum Gasteiger partial charge on any atom is -0.323 e. The van der Waals surface area contributed by atoms with Crippen LogP contribution in [0.1, 0.15) is 65.6 Å². The number of rotatable bonds is 14. The first-order chi connectivity index (χ1) is 18.6. The first-order valence-corrected chi connectivity index (χ1v) is 14.4. The van der Waals surface area contributed by atoms with Gasteiger partial charge in [-0.2, -0.15) is 4.98 Å². The number of thioether (sulfide) groups is 1. The molecule has 2 aromatic heterocycles. The Balaban J connectivity index is 1.27. The molecule has 0 aliphatic heterocycles. The highest BCUT2D eigenvalue weighted by Gasteiger charge is 2.11. The van der Waals surface area contributed by atoms with Gasteiger partial charge < -0.3 is 4.57 Å². The lowest BCUT2D eigenvalue weighted by Gasteiger charge is -2.14. The fraction of sp³-hybridized carbons (Fsp3) is 0.290. The van der Waals surface area contributed by atoms with E-state index in [0.717, 1.165) is 54.1 Å². The van der Waals surface area contributed by atoms with Gasteiger partial charge in [0.2, 0.25) is 0 Å². The maximum absolute atomic E-state index is 12.8. The molecule has 0 bridgehead atoms. The summed E-state index contributed by atoms with van der Waals surface area (Å²) in [5, 5.41) is 1.40. The number of halogens is 1. The predicted molar refractivity (Wildman–Crippen MR) is 155 cm³/mol. The van der Waals surface area contributed by atoms with Crippen molar-refractivity contribution in [1.82, 2.24) is 14.5 Å². The van der Waals surface area contributed by atoms with Gasteiger partial charge in [0.1, 0.15) is 0 Å². The third kappa shape index (κ3) is 8.67. The average molecular weight is 546 g/mol. The Kier molecular flexibility index (Phi) is 10.7. The molecule has 0 aliphatic rings. The highest BCUT2D eigenvalue weighted by atomic mass is 35.5. The van der Waals surface area contributed by atoms with E-state index in [1.807, 2.05) is 36.5 Å². The Morgan fingerprint density at radius 2 is 1.61 bits per heavy atom. The molecule has 4 rings (SSSR count). The van der Waals surface area contributed by atoms with Crippen molar-refractivity contribution in [3.8, 4) is 0 Å². The fourth-order valence-corrected chi connectivity index (χ4v) is 5.32. The molecule has 38 heavy (non-hydrogen) atoms. The summed E-state index contributed by atoms with van der Waals surface area (Å²) in [7, 11) is 0. The van der Waals surface area contributed by atoms with Crippen molar-refractivity contribution in [1.29, 1.82) is 0 Å². The zero-order valence-corrected chi connectivity index (χ0v) is 23.0. The molecule has 0 saturated carbocycles. The van der Waals surface area contributed by atoms with Gasteiger partial charge in [0.15, 0.2) is 10.9 Å². The van der Waals surface area contributed by atoms with Crippen LogP contribution < -0.4 is 5.56 Å². The molecule has 2 aromatic carbocycles. The fourth-order valence-electron chi connectivity index (χ4n) is 4.24. The van der Waals surface area contributed by atoms with E-state index in [1.54, 1.807) is 48.4 Å². The largest absolute Gasteiger partial charge is 0.323 e. The van der Waals surface area contributed by atoms with Crippen LogP contribution in [0.2, 0.25) is 5.02 Å². The van der Waals surface area contributed by atoms with Crippen LogP contribution in [0.3, 0.4) is 0 Å². The molecule has 4 aromatic rings. The Bertz CT molecular complexity index is 1360. The number of hydrogen-bond donors (Lipinski definition) is 0. The molecule has 5 nitrogen and oxygen atoms in total. The number of pyridine rings is 1. The number of nitrogens with zero attached hydrogens (tertiary/aromatic N) is 3. The van der Waals surface area contributed by atoms with Gasteiger partial charge in [-0.3, -0.25) is 14.6 Å². The smallest absolute Gasteiger partial charge is 0.277 e. The van der Waals surface area contributed by atoms with Crippen LogP contribution >= 0.6 is 23.4 Å². The number of hydrogen-bond acceptors (Lipinski definition) is 5. The molecule has 0 fully saturated rings. The molecule has 0 unspecified atom stereocenters. The second-order valence-corrected chi connectivity index (χ2v) is 10.8. The third-order valence-electron chi connectivity index (χ3n) is 6.29. The van der Waals surface area contributed by atoms with Crippen molar-refractivity contribution < 1.29 is 4.79 Å². The number of Topliss-reactive ketones (excluding diaryl/α,β-unsaturated/α-hetero) is 1. The monoisotopic (exact) mass is 545 g/mol. The zero-order valence-electron chi connectivity index (χ0n) is 21.4. The molecule has 2 heterocycles. The van der Waals surface area contributed by atoms with E-state index in [0.29, 0.717) is 30.0 Å². The van der Waals surface area contributed by atoms with Crippen LogP contribution in [-0.4, -0.2) is 26.1 Å². The normalized spacial score (nSPS) is 11.0. The van der Waals surface area contributed by atoms with Crippen molar-refractivity contribution in [2.75, 3.05) is 5.75 Å². The van der Waals surface area contributed by atoms with E-state index in [2.05, 4.69) is 26.7 Å². The lowest BCUT2D eigenvalue weighted by molar-refractivity contribution is 0.0979. The molecule has 0 N–H and O–H groups in total. The van der Waals surface area contributed by atoms with Crippen molar-refractivity contribution in [3.05, 3.63) is 123 Å². The molecule has 0 amide bonds. The van der Waals surface area contributed by atoms with E-state index < -0.39 is 0 Å². The molecule has 0 spiro atoms. The summed E-state index contributed by atoms with van der Waals surface area (Å²) in [5.41, 5.74) is 3.39. The summed E-state index contributed by atoms with van der Waals surface area (Å²) in [5.74, 6) is 1.07. The van der Waals surface area contributed by atoms with Gasteiger partial charge >= 0.3 is 0 Å². The van der Waals surface area contributed by atoms with Gasteiger partial charge in [-0.15, -0.1) is 0 Å². The van der Waals surface area contributed by atoms with Gasteiger partial charge in [0, 0.05) is 59.9 Å². The maximum atomic E-state index is 12.8. The second kappa shape index (κ2) is 14.6. The minimum absolute atomic E-state index is 0.173. The van der Waals surface area contributed by atoms with E-state index in [4.69, 9.17) is 11.6 Å². The quantitative estimate of drug-likeness (QED) is 0.0722. The first kappa shape index (κ1) is 27.8. The Labute approximate surface area is 233 Å². The number of aromatic nitrogens is 3. The summed E-state index contributed by atoms with van der Waals surface area (Å²) < 4.78 is 2.09. The second-order valence-electron chi connectivity index (χ2n) is 9.30. The number of unbranched alkanes of at least 4 members (excludes halogenated alkanes) is 4. The lowest BCUT2D eigenvalue weighted by Crippen LogP contribution is -2.20. The predicted octanol–water partition coefficient (Wildman–Crippen LogP) is 7.25. The Morgan fingerprint density at radius 1 is 0.868 bits per heavy atom. The number of ketones is 1. The molecule has 0 saturated heterocycles. The summed E-state index contributed by atoms with van der Waals surface area (Å²) in [6, 6.07) is 21.2. The highest BCUT2D eigenvalue weighted by molar-refractivity contribution is 7.99. The summed E-state index contributed by atoms with van der Waals surface area (Å²) >= 11 is 7.53. The van der Waals surface area contributed by atoms with Crippen LogP contribution in [0.15, 0.2) is 95.3 Å². The molecule has 0 aliphatic carbocycles. The lowest BCUT2D eigenvalue weighted by atomic mass is 10.0. The molecular formula is C31H32ClN3O2S. The van der Waals surface area contributed by atoms with Gasteiger partial charge in [-0.05, 0) is 54.3 Å². The molecule has 0 atom stereocenters. The van der Waals surface area contributed by atoms with E-state index in [9.17, 15) is 9.59 Å². The number of carbonyl (C=O) groups excluding carboxylic acids is 1. The van der Waals surface area contributed by atoms with Crippen LogP contribution in [-0.2, 0) is 13.0 Å². The zero-order chi connectivity index (χ0) is 26.6. The van der Waals surface area contributed by atoms with Crippen molar-refractivity contribution in [2.24, 2.45) is 0 Å². The summed E-state index contributed by atoms with van der Waals surface area (Å²) in [6.07, 6.45) is 11.7. The third-order valence-corrected chi connectivity index (χ3v) is 7.62. The maximum Gasteiger partial charge on any atom is 0.277 e. The van der Waals surface area contributed by atoms with Gasteiger partial charge in [-0.25, -0.2) is 0 Å². The Morgan fingerprint density at radius 3 is 2.37 bits per heavy atom. The molecule has 196 valence electrons. The summed E-state index contributed by atoms with van der Waals surface area (Å²) in [4.78, 5) is 33.8. The Hall–Kier alpha value is -3.22. The van der Waals surface area contributed by atoms with E-state index >= 15 is 0 Å². The van der Waals surface area contributed by atoms with Crippen LogP contribution in [0.4, 0.5) is 0 Å². The first-order valence-electron chi connectivity index (χ1n) is 13.0. The number of benzene rings is 2. The molecule has 7 heteroatoms. The number of carbonyl (C=O) groups is 1.